The first-order valence-corrected chi connectivity index (χ1v) is 10.5. The molecule has 10 nitrogen and oxygen atoms in total. The maximum Gasteiger partial charge on any atom is 0.410 e. The lowest BCUT2D eigenvalue weighted by Gasteiger charge is -2.26. The molecule has 158 valence electrons. The number of fused-ring (bicyclic) bond motifs is 1. The Morgan fingerprint density at radius 1 is 1.37 bits per heavy atom. The highest BCUT2D eigenvalue weighted by Gasteiger charge is 2.29. The van der Waals surface area contributed by atoms with E-state index in [2.05, 4.69) is 5.32 Å². The molecule has 0 atom stereocenters. The summed E-state index contributed by atoms with van der Waals surface area (Å²) in [6.45, 7) is 2.64. The number of nitrogens with one attached hydrogen (secondary N) is 1. The van der Waals surface area contributed by atoms with Gasteiger partial charge >= 0.3 is 11.1 Å². The standard InChI is InChI=1S/C18H18N4O6S2/c1-2-28-18(25)21-8-7-11-12(9-21)30-17(15(11)16(19)24)20-13(23)5-3-10-4-6-14(29-10)22(26)27/h3-6H,2,7-9H2,1H3,(H2,19,24)(H,20,23). The topological polar surface area (TPSA) is 145 Å². The van der Waals surface area contributed by atoms with Gasteiger partial charge in [-0.1, -0.05) is 11.3 Å². The van der Waals surface area contributed by atoms with Gasteiger partial charge in [0.15, 0.2) is 0 Å². The lowest BCUT2D eigenvalue weighted by atomic mass is 10.0. The van der Waals surface area contributed by atoms with Gasteiger partial charge in [0, 0.05) is 28.4 Å². The summed E-state index contributed by atoms with van der Waals surface area (Å²) in [7, 11) is 0. The number of thiophene rings is 2. The van der Waals surface area contributed by atoms with Gasteiger partial charge in [0.1, 0.15) is 5.00 Å². The number of nitrogens with two attached hydrogens (primary N) is 1. The molecule has 0 unspecified atom stereocenters. The van der Waals surface area contributed by atoms with Gasteiger partial charge in [-0.05, 0) is 31.1 Å². The van der Waals surface area contributed by atoms with E-state index in [1.165, 1.54) is 40.5 Å². The average molecular weight is 450 g/mol. The fourth-order valence-corrected chi connectivity index (χ4v) is 4.96. The first kappa shape index (κ1) is 21.5. The summed E-state index contributed by atoms with van der Waals surface area (Å²) in [6, 6.07) is 2.89. The Bertz CT molecular complexity index is 1040. The van der Waals surface area contributed by atoms with E-state index in [-0.39, 0.29) is 23.7 Å². The molecule has 0 saturated carbocycles. The molecule has 3 heterocycles. The SMILES string of the molecule is CCOC(=O)N1CCc2c(sc(NC(=O)C=Cc3ccc([N+](=O)[O-])s3)c2C(N)=O)C1. The molecule has 0 bridgehead atoms. The quantitative estimate of drug-likeness (QED) is 0.393. The van der Waals surface area contributed by atoms with Gasteiger partial charge in [-0.3, -0.25) is 19.7 Å². The van der Waals surface area contributed by atoms with Gasteiger partial charge in [-0.15, -0.1) is 11.3 Å². The first-order valence-electron chi connectivity index (χ1n) is 8.89. The molecule has 3 rings (SSSR count). The minimum absolute atomic E-state index is 0.0249. The number of ether oxygens (including phenoxy) is 1. The van der Waals surface area contributed by atoms with Gasteiger partial charge < -0.3 is 20.7 Å². The van der Waals surface area contributed by atoms with Crippen molar-refractivity contribution in [3.05, 3.63) is 49.2 Å². The Morgan fingerprint density at radius 3 is 2.77 bits per heavy atom. The zero-order valence-electron chi connectivity index (χ0n) is 15.9. The third-order valence-corrected chi connectivity index (χ3v) is 6.39. The number of nitrogens with zero attached hydrogens (tertiary/aromatic N) is 2. The number of rotatable bonds is 6. The number of carbonyl (C=O) groups is 3. The van der Waals surface area contributed by atoms with Crippen LogP contribution in [0.25, 0.3) is 6.08 Å². The zero-order valence-corrected chi connectivity index (χ0v) is 17.5. The van der Waals surface area contributed by atoms with Crippen LogP contribution in [0.15, 0.2) is 18.2 Å². The van der Waals surface area contributed by atoms with Crippen LogP contribution < -0.4 is 11.1 Å². The van der Waals surface area contributed by atoms with E-state index in [1.807, 2.05) is 0 Å². The molecule has 2 aromatic rings. The third-order valence-electron chi connectivity index (χ3n) is 4.26. The molecule has 1 aliphatic rings. The number of nitro groups is 1. The molecule has 12 heteroatoms. The summed E-state index contributed by atoms with van der Waals surface area (Å²) in [5.41, 5.74) is 6.49. The Hall–Kier alpha value is -3.25. The average Bonchev–Trinajstić information content (AvgIpc) is 3.30. The zero-order chi connectivity index (χ0) is 21.8. The number of anilines is 1. The van der Waals surface area contributed by atoms with Crippen LogP contribution in [-0.2, 0) is 22.5 Å². The largest absolute Gasteiger partial charge is 0.450 e. The molecular formula is C18H18N4O6S2. The van der Waals surface area contributed by atoms with Crippen LogP contribution in [0.2, 0.25) is 0 Å². The van der Waals surface area contributed by atoms with Gasteiger partial charge in [-0.2, -0.15) is 0 Å². The molecule has 3 amide bonds. The Kier molecular flexibility index (Phi) is 6.47. The van der Waals surface area contributed by atoms with Crippen LogP contribution in [0, 0.1) is 10.1 Å². The van der Waals surface area contributed by atoms with E-state index in [0.29, 0.717) is 22.8 Å². The molecule has 2 aromatic heterocycles. The molecule has 0 aliphatic carbocycles. The smallest absolute Gasteiger partial charge is 0.410 e. The van der Waals surface area contributed by atoms with E-state index in [9.17, 15) is 24.5 Å². The van der Waals surface area contributed by atoms with E-state index >= 15 is 0 Å². The highest BCUT2D eigenvalue weighted by atomic mass is 32.1. The van der Waals surface area contributed by atoms with Crippen molar-refractivity contribution in [3.63, 3.8) is 0 Å². The lowest BCUT2D eigenvalue weighted by molar-refractivity contribution is -0.380. The number of hydrogen-bond acceptors (Lipinski definition) is 8. The number of carbonyl (C=O) groups excluding carboxylic acids is 3. The van der Waals surface area contributed by atoms with Gasteiger partial charge in [-0.25, -0.2) is 4.79 Å². The van der Waals surface area contributed by atoms with Gasteiger partial charge in [0.25, 0.3) is 5.91 Å². The third kappa shape index (κ3) is 4.66. The first-order chi connectivity index (χ1) is 14.3. The predicted molar refractivity (Wildman–Crippen MR) is 113 cm³/mol. The molecule has 0 fully saturated rings. The second-order valence-corrected chi connectivity index (χ2v) is 8.40. The Balaban J connectivity index is 1.76. The molecule has 0 aromatic carbocycles. The van der Waals surface area contributed by atoms with Crippen LogP contribution >= 0.6 is 22.7 Å². The van der Waals surface area contributed by atoms with Crippen molar-refractivity contribution >= 4 is 56.7 Å². The summed E-state index contributed by atoms with van der Waals surface area (Å²) >= 11 is 2.12. The minimum Gasteiger partial charge on any atom is -0.450 e. The van der Waals surface area contributed by atoms with Crippen LogP contribution in [0.5, 0.6) is 0 Å². The van der Waals surface area contributed by atoms with Crippen molar-refractivity contribution in [2.75, 3.05) is 18.5 Å². The highest BCUT2D eigenvalue weighted by molar-refractivity contribution is 7.17. The number of primary amides is 1. The number of hydrogen-bond donors (Lipinski definition) is 2. The fraction of sp³-hybridized carbons (Fsp3) is 0.278. The van der Waals surface area contributed by atoms with Crippen molar-refractivity contribution in [2.45, 2.75) is 19.9 Å². The van der Waals surface area contributed by atoms with Crippen LogP contribution in [0.3, 0.4) is 0 Å². The molecule has 0 radical (unpaired) electrons. The maximum atomic E-state index is 12.3. The van der Waals surface area contributed by atoms with Crippen molar-refractivity contribution in [2.24, 2.45) is 5.73 Å². The van der Waals surface area contributed by atoms with Crippen LogP contribution in [0.4, 0.5) is 14.8 Å². The summed E-state index contributed by atoms with van der Waals surface area (Å²) in [6.07, 6.45) is 2.67. The summed E-state index contributed by atoms with van der Waals surface area (Å²) in [5.74, 6) is -1.17. The van der Waals surface area contributed by atoms with Gasteiger partial charge in [0.2, 0.25) is 5.91 Å². The van der Waals surface area contributed by atoms with E-state index < -0.39 is 22.8 Å². The molecule has 3 N–H and O–H groups in total. The molecule has 0 spiro atoms. The maximum absolute atomic E-state index is 12.3. The second kappa shape index (κ2) is 9.05. The van der Waals surface area contributed by atoms with E-state index in [1.54, 1.807) is 6.92 Å². The Labute approximate surface area is 179 Å². The van der Waals surface area contributed by atoms with Crippen molar-refractivity contribution in [1.29, 1.82) is 0 Å². The summed E-state index contributed by atoms with van der Waals surface area (Å²) < 4.78 is 5.02. The molecule has 1 aliphatic heterocycles. The van der Waals surface area contributed by atoms with E-state index in [4.69, 9.17) is 10.5 Å². The molecular weight excluding hydrogens is 432 g/mol. The lowest BCUT2D eigenvalue weighted by Crippen LogP contribution is -2.36. The Morgan fingerprint density at radius 2 is 2.13 bits per heavy atom. The minimum atomic E-state index is -0.662. The summed E-state index contributed by atoms with van der Waals surface area (Å²) in [5, 5.41) is 13.7. The van der Waals surface area contributed by atoms with Crippen molar-refractivity contribution < 1.29 is 24.0 Å². The highest BCUT2D eigenvalue weighted by Crippen LogP contribution is 2.37. The second-order valence-electron chi connectivity index (χ2n) is 6.20. The summed E-state index contributed by atoms with van der Waals surface area (Å²) in [4.78, 5) is 49.3. The van der Waals surface area contributed by atoms with E-state index in [0.717, 1.165) is 21.8 Å². The van der Waals surface area contributed by atoms with Crippen LogP contribution in [-0.4, -0.2) is 40.9 Å². The normalized spacial score (nSPS) is 13.2. The molecule has 0 saturated heterocycles. The monoisotopic (exact) mass is 450 g/mol. The molecule has 30 heavy (non-hydrogen) atoms. The van der Waals surface area contributed by atoms with Crippen molar-refractivity contribution in [3.8, 4) is 0 Å². The van der Waals surface area contributed by atoms with Crippen molar-refractivity contribution in [1.82, 2.24) is 4.90 Å². The number of amides is 3. The fourth-order valence-electron chi connectivity index (χ4n) is 2.96. The van der Waals surface area contributed by atoms with Gasteiger partial charge in [0.05, 0.1) is 23.6 Å². The predicted octanol–water partition coefficient (Wildman–Crippen LogP) is 2.98. The van der Waals surface area contributed by atoms with Crippen LogP contribution in [0.1, 0.15) is 32.6 Å².